The van der Waals surface area contributed by atoms with Crippen molar-refractivity contribution in [3.8, 4) is 0 Å². The Morgan fingerprint density at radius 2 is 1.72 bits per heavy atom. The average molecular weight is 336 g/mol. The number of hydrogen-bond acceptors (Lipinski definition) is 2. The predicted molar refractivity (Wildman–Crippen MR) is 101 cm³/mol. The number of hydrogen-bond donors (Lipinski definition) is 0. The molecule has 2 aromatic rings. The lowest BCUT2D eigenvalue weighted by Crippen LogP contribution is -2.47. The van der Waals surface area contributed by atoms with Crippen LogP contribution in [0.3, 0.4) is 0 Å². The van der Waals surface area contributed by atoms with Crippen molar-refractivity contribution in [2.24, 2.45) is 0 Å². The summed E-state index contributed by atoms with van der Waals surface area (Å²) in [6.45, 7) is 5.53. The van der Waals surface area contributed by atoms with Crippen LogP contribution in [0.5, 0.6) is 0 Å². The molecule has 25 heavy (non-hydrogen) atoms. The van der Waals surface area contributed by atoms with Crippen molar-refractivity contribution in [2.75, 3.05) is 9.80 Å². The summed E-state index contributed by atoms with van der Waals surface area (Å²) in [5.41, 5.74) is 2.84. The zero-order valence-electron chi connectivity index (χ0n) is 15.0. The van der Waals surface area contributed by atoms with Gasteiger partial charge in [-0.25, -0.2) is 0 Å². The van der Waals surface area contributed by atoms with Crippen molar-refractivity contribution in [3.05, 3.63) is 60.2 Å². The molecule has 2 amide bonds. The molecule has 0 bridgehead atoms. The summed E-state index contributed by atoms with van der Waals surface area (Å²) in [7, 11) is 0. The van der Waals surface area contributed by atoms with Gasteiger partial charge in [0, 0.05) is 30.8 Å². The molecule has 0 fully saturated rings. The zero-order chi connectivity index (χ0) is 18.0. The SMILES string of the molecule is CCC(=O)N(c1ccccc1)[C@H]1C[C@H](C)N(C(C)=O)c2ccccc21. The fourth-order valence-corrected chi connectivity index (χ4v) is 3.76. The van der Waals surface area contributed by atoms with E-state index in [4.69, 9.17) is 0 Å². The molecule has 2 atom stereocenters. The first-order valence-electron chi connectivity index (χ1n) is 8.80. The lowest BCUT2D eigenvalue weighted by molar-refractivity contribution is -0.118. The average Bonchev–Trinajstić information content (AvgIpc) is 2.62. The van der Waals surface area contributed by atoms with Crippen molar-refractivity contribution in [2.45, 2.75) is 45.7 Å². The molecule has 4 nitrogen and oxygen atoms in total. The minimum absolute atomic E-state index is 0.0338. The molecule has 130 valence electrons. The third-order valence-electron chi connectivity index (χ3n) is 4.82. The van der Waals surface area contributed by atoms with E-state index in [1.54, 1.807) is 6.92 Å². The number of para-hydroxylation sites is 2. The summed E-state index contributed by atoms with van der Waals surface area (Å²) in [5.74, 6) is 0.126. The number of carbonyl (C=O) groups excluding carboxylic acids is 2. The van der Waals surface area contributed by atoms with Crippen LogP contribution in [0.15, 0.2) is 54.6 Å². The Balaban J connectivity index is 2.12. The van der Waals surface area contributed by atoms with E-state index in [2.05, 4.69) is 0 Å². The van der Waals surface area contributed by atoms with Gasteiger partial charge < -0.3 is 9.80 Å². The Bertz CT molecular complexity index is 772. The van der Waals surface area contributed by atoms with Crippen LogP contribution in [0.4, 0.5) is 11.4 Å². The smallest absolute Gasteiger partial charge is 0.227 e. The van der Waals surface area contributed by atoms with E-state index < -0.39 is 0 Å². The molecule has 1 aliphatic rings. The second-order valence-corrected chi connectivity index (χ2v) is 6.50. The molecule has 0 aromatic heterocycles. The Labute approximate surface area is 149 Å². The minimum atomic E-state index is -0.0725. The first kappa shape index (κ1) is 17.2. The van der Waals surface area contributed by atoms with Gasteiger partial charge in [-0.1, -0.05) is 43.3 Å². The van der Waals surface area contributed by atoms with Crippen molar-refractivity contribution in [3.63, 3.8) is 0 Å². The molecule has 4 heteroatoms. The van der Waals surface area contributed by atoms with E-state index in [-0.39, 0.29) is 23.9 Å². The number of benzene rings is 2. The van der Waals surface area contributed by atoms with Crippen LogP contribution in [0.25, 0.3) is 0 Å². The first-order chi connectivity index (χ1) is 12.0. The predicted octanol–water partition coefficient (Wildman–Crippen LogP) is 4.32. The number of carbonyl (C=O) groups is 2. The van der Waals surface area contributed by atoms with Gasteiger partial charge in [0.2, 0.25) is 11.8 Å². The van der Waals surface area contributed by atoms with Gasteiger partial charge in [0.1, 0.15) is 0 Å². The van der Waals surface area contributed by atoms with Gasteiger partial charge >= 0.3 is 0 Å². The number of fused-ring (bicyclic) bond motifs is 1. The molecular formula is C21H24N2O2. The molecule has 0 N–H and O–H groups in total. The summed E-state index contributed by atoms with van der Waals surface area (Å²) in [5, 5.41) is 0. The summed E-state index contributed by atoms with van der Waals surface area (Å²) in [6.07, 6.45) is 1.16. The fourth-order valence-electron chi connectivity index (χ4n) is 3.76. The Kier molecular flexibility index (Phi) is 4.88. The molecule has 0 saturated carbocycles. The highest BCUT2D eigenvalue weighted by Gasteiger charge is 2.37. The van der Waals surface area contributed by atoms with Crippen LogP contribution < -0.4 is 9.80 Å². The molecule has 0 spiro atoms. The third kappa shape index (κ3) is 3.16. The van der Waals surface area contributed by atoms with Crippen molar-refractivity contribution in [1.29, 1.82) is 0 Å². The van der Waals surface area contributed by atoms with E-state index in [9.17, 15) is 9.59 Å². The third-order valence-corrected chi connectivity index (χ3v) is 4.82. The van der Waals surface area contributed by atoms with Gasteiger partial charge in [0.05, 0.1) is 6.04 Å². The van der Waals surface area contributed by atoms with E-state index in [1.165, 1.54) is 0 Å². The summed E-state index contributed by atoms with van der Waals surface area (Å²) < 4.78 is 0. The fraction of sp³-hybridized carbons (Fsp3) is 0.333. The van der Waals surface area contributed by atoms with E-state index in [0.29, 0.717) is 6.42 Å². The number of anilines is 2. The zero-order valence-corrected chi connectivity index (χ0v) is 15.0. The van der Waals surface area contributed by atoms with E-state index in [1.807, 2.05) is 78.2 Å². The van der Waals surface area contributed by atoms with Crippen LogP contribution in [0.1, 0.15) is 45.2 Å². The first-order valence-corrected chi connectivity index (χ1v) is 8.80. The van der Waals surface area contributed by atoms with Crippen LogP contribution in [-0.4, -0.2) is 17.9 Å². The van der Waals surface area contributed by atoms with Crippen LogP contribution >= 0.6 is 0 Å². The van der Waals surface area contributed by atoms with Crippen LogP contribution in [-0.2, 0) is 9.59 Å². The normalized spacial score (nSPS) is 19.2. The molecular weight excluding hydrogens is 312 g/mol. The molecule has 2 aromatic carbocycles. The second kappa shape index (κ2) is 7.09. The van der Waals surface area contributed by atoms with Gasteiger partial charge in [-0.05, 0) is 37.1 Å². The molecule has 1 heterocycles. The Morgan fingerprint density at radius 1 is 1.08 bits per heavy atom. The quantitative estimate of drug-likeness (QED) is 0.838. The van der Waals surface area contributed by atoms with Gasteiger partial charge in [0.15, 0.2) is 0 Å². The maximum absolute atomic E-state index is 12.8. The Morgan fingerprint density at radius 3 is 2.36 bits per heavy atom. The molecule has 0 unspecified atom stereocenters. The van der Waals surface area contributed by atoms with Crippen molar-refractivity contribution in [1.82, 2.24) is 0 Å². The van der Waals surface area contributed by atoms with E-state index >= 15 is 0 Å². The Hall–Kier alpha value is -2.62. The number of nitrogens with zero attached hydrogens (tertiary/aromatic N) is 2. The lowest BCUT2D eigenvalue weighted by Gasteiger charge is -2.43. The summed E-state index contributed by atoms with van der Waals surface area (Å²) >= 11 is 0. The van der Waals surface area contributed by atoms with Crippen LogP contribution in [0.2, 0.25) is 0 Å². The second-order valence-electron chi connectivity index (χ2n) is 6.50. The van der Waals surface area contributed by atoms with Gasteiger partial charge in [-0.3, -0.25) is 9.59 Å². The molecule has 1 aliphatic heterocycles. The van der Waals surface area contributed by atoms with Gasteiger partial charge in [-0.15, -0.1) is 0 Å². The standard InChI is InChI=1S/C21H24N2O2/c1-4-21(25)23(17-10-6-5-7-11-17)20-14-15(2)22(16(3)24)19-13-9-8-12-18(19)20/h5-13,15,20H,4,14H2,1-3H3/t15-,20-/m0/s1. The monoisotopic (exact) mass is 336 g/mol. The molecule has 3 rings (SSSR count). The van der Waals surface area contributed by atoms with Crippen molar-refractivity contribution < 1.29 is 9.59 Å². The highest BCUT2D eigenvalue weighted by molar-refractivity contribution is 5.97. The minimum Gasteiger partial charge on any atom is -0.309 e. The lowest BCUT2D eigenvalue weighted by atomic mass is 9.89. The van der Waals surface area contributed by atoms with Gasteiger partial charge in [-0.2, -0.15) is 0 Å². The maximum atomic E-state index is 12.8. The van der Waals surface area contributed by atoms with E-state index in [0.717, 1.165) is 23.4 Å². The molecule has 0 radical (unpaired) electrons. The summed E-state index contributed by atoms with van der Waals surface area (Å²) in [6, 6.07) is 17.7. The van der Waals surface area contributed by atoms with Crippen LogP contribution in [0, 0.1) is 0 Å². The summed E-state index contributed by atoms with van der Waals surface area (Å²) in [4.78, 5) is 28.7. The highest BCUT2D eigenvalue weighted by atomic mass is 16.2. The van der Waals surface area contributed by atoms with Crippen molar-refractivity contribution >= 4 is 23.2 Å². The number of amides is 2. The molecule has 0 saturated heterocycles. The maximum Gasteiger partial charge on any atom is 0.227 e. The highest BCUT2D eigenvalue weighted by Crippen LogP contribution is 2.42. The largest absolute Gasteiger partial charge is 0.309 e. The topological polar surface area (TPSA) is 40.6 Å². The number of rotatable bonds is 3. The van der Waals surface area contributed by atoms with Gasteiger partial charge in [0.25, 0.3) is 0 Å². The molecule has 0 aliphatic carbocycles.